The summed E-state index contributed by atoms with van der Waals surface area (Å²) >= 11 is -5.19. The minimum absolute atomic E-state index is 0.214. The van der Waals surface area contributed by atoms with Crippen LogP contribution in [0.4, 0.5) is 0 Å². The first-order valence-electron chi connectivity index (χ1n) is 5.74. The first-order valence-corrected chi connectivity index (χ1v) is 15.6. The van der Waals surface area contributed by atoms with Crippen LogP contribution in [0.5, 0.6) is 0 Å². The Morgan fingerprint density at radius 1 is 0.947 bits per heavy atom. The monoisotopic (exact) mass is 390 g/mol. The normalized spacial score (nSPS) is 14.8. The molecule has 6 heteroatoms. The molecule has 19 heavy (non-hydrogen) atoms. The fourth-order valence-corrected chi connectivity index (χ4v) is 8.28. The van der Waals surface area contributed by atoms with Crippen molar-refractivity contribution in [3.8, 4) is 0 Å². The maximum atomic E-state index is 11.8. The van der Waals surface area contributed by atoms with Crippen molar-refractivity contribution in [2.75, 3.05) is 6.61 Å². The Labute approximate surface area is 114 Å². The zero-order valence-corrected chi connectivity index (χ0v) is 14.9. The molecule has 0 aromatic heterocycles. The third-order valence-electron chi connectivity index (χ3n) is 2.05. The number of hydrogen-bond acceptors (Lipinski definition) is 5. The summed E-state index contributed by atoms with van der Waals surface area (Å²) in [5, 5.41) is 0. The van der Waals surface area contributed by atoms with Gasteiger partial charge in [-0.25, -0.2) is 0 Å². The number of carbonyl (C=O) groups excluding carboxylic acids is 2. The summed E-state index contributed by atoms with van der Waals surface area (Å²) in [6.45, 7) is 12.1. The Hall–Kier alpha value is -0.830. The van der Waals surface area contributed by atoms with Crippen molar-refractivity contribution in [1.82, 2.24) is 0 Å². The van der Waals surface area contributed by atoms with Gasteiger partial charge in [0.2, 0.25) is 0 Å². The van der Waals surface area contributed by atoms with Gasteiger partial charge in [0.15, 0.2) is 0 Å². The van der Waals surface area contributed by atoms with Gasteiger partial charge in [-0.05, 0) is 0 Å². The van der Waals surface area contributed by atoms with Crippen LogP contribution in [-0.4, -0.2) is 35.2 Å². The Kier molecular flexibility index (Phi) is 4.72. The Balaban J connectivity index is 5.62. The van der Waals surface area contributed by atoms with Gasteiger partial charge in [0.1, 0.15) is 0 Å². The molecule has 0 unspecified atom stereocenters. The standard InChI is InChI=1S/C13H24O5Te/c1-9-16-19(6,7,8,17-12(14)10(2)3)18-13(15)11(4)5/h2,4,9H2,1,3,5-8H3. The summed E-state index contributed by atoms with van der Waals surface area (Å²) in [5.74, 6) is -1.28. The average Bonchev–Trinajstić information content (AvgIpc) is 2.14. The van der Waals surface area contributed by atoms with Gasteiger partial charge in [0, 0.05) is 0 Å². The summed E-state index contributed by atoms with van der Waals surface area (Å²) in [4.78, 5) is 28.3. The first-order chi connectivity index (χ1) is 8.25. The van der Waals surface area contributed by atoms with Crippen molar-refractivity contribution in [2.24, 2.45) is 0 Å². The Morgan fingerprint density at radius 2 is 1.26 bits per heavy atom. The molecule has 0 N–H and O–H groups in total. The predicted molar refractivity (Wildman–Crippen MR) is 76.8 cm³/mol. The van der Waals surface area contributed by atoms with Crippen molar-refractivity contribution in [3.05, 3.63) is 24.3 Å². The Morgan fingerprint density at radius 3 is 1.47 bits per heavy atom. The molecule has 112 valence electrons. The fourth-order valence-electron chi connectivity index (χ4n) is 1.23. The molecule has 0 aliphatic carbocycles. The summed E-state index contributed by atoms with van der Waals surface area (Å²) in [6.07, 6.45) is 0. The molecular formula is C13H24O5Te. The molecule has 0 aliphatic rings. The average molecular weight is 388 g/mol. The molecule has 0 aliphatic heterocycles. The van der Waals surface area contributed by atoms with Crippen LogP contribution >= 0.6 is 0 Å². The van der Waals surface area contributed by atoms with Gasteiger partial charge in [-0.15, -0.1) is 0 Å². The summed E-state index contributed by atoms with van der Waals surface area (Å²) < 4.78 is 16.6. The zero-order chi connectivity index (χ0) is 15.5. The molecule has 0 bridgehead atoms. The van der Waals surface area contributed by atoms with Crippen LogP contribution in [0.25, 0.3) is 0 Å². The SMILES string of the molecule is C=C(C)C(=O)O[Te](C)(C)(C)(OCC)OC(=O)C(=C)C. The minimum atomic E-state index is -5.19. The molecule has 0 rings (SSSR count). The van der Waals surface area contributed by atoms with E-state index in [1.807, 2.05) is 0 Å². The van der Waals surface area contributed by atoms with Crippen molar-refractivity contribution in [3.63, 3.8) is 0 Å². The van der Waals surface area contributed by atoms with Gasteiger partial charge in [0.25, 0.3) is 0 Å². The molecule has 0 saturated carbocycles. The van der Waals surface area contributed by atoms with Gasteiger partial charge in [-0.1, -0.05) is 0 Å². The second kappa shape index (κ2) is 4.93. The van der Waals surface area contributed by atoms with E-state index < -0.39 is 28.6 Å². The molecule has 0 aromatic carbocycles. The fraction of sp³-hybridized carbons (Fsp3) is 0.538. The van der Waals surface area contributed by atoms with Gasteiger partial charge < -0.3 is 0 Å². The third-order valence-corrected chi connectivity index (χ3v) is 9.79. The molecule has 5 nitrogen and oxygen atoms in total. The molecule has 0 saturated heterocycles. The molecule has 0 aromatic rings. The molecule has 0 heterocycles. The second-order valence-electron chi connectivity index (χ2n) is 5.64. The van der Waals surface area contributed by atoms with E-state index in [9.17, 15) is 9.59 Å². The van der Waals surface area contributed by atoms with Gasteiger partial charge in [0.05, 0.1) is 0 Å². The van der Waals surface area contributed by atoms with E-state index in [4.69, 9.17) is 9.30 Å². The maximum absolute atomic E-state index is 11.8. The summed E-state index contributed by atoms with van der Waals surface area (Å²) in [5.41, 5.74) is 0.427. The van der Waals surface area contributed by atoms with Crippen LogP contribution in [0.2, 0.25) is 14.9 Å². The number of carbonyl (C=O) groups is 2. The molecule has 0 amide bonds. The van der Waals surface area contributed by atoms with Crippen molar-refractivity contribution < 1.29 is 18.9 Å². The molecular weight excluding hydrogens is 364 g/mol. The van der Waals surface area contributed by atoms with Crippen LogP contribution in [0.3, 0.4) is 0 Å². The van der Waals surface area contributed by atoms with Crippen LogP contribution in [-0.2, 0) is 18.9 Å². The van der Waals surface area contributed by atoms with E-state index in [0.717, 1.165) is 0 Å². The van der Waals surface area contributed by atoms with Crippen LogP contribution in [0, 0.1) is 0 Å². The van der Waals surface area contributed by atoms with E-state index in [-0.39, 0.29) is 17.8 Å². The molecule has 0 spiro atoms. The summed E-state index contributed by atoms with van der Waals surface area (Å²) in [7, 11) is 0. The molecule has 0 atom stereocenters. The first kappa shape index (κ1) is 18.2. The third kappa shape index (κ3) is 5.35. The molecule has 0 fully saturated rings. The van der Waals surface area contributed by atoms with E-state index in [1.54, 1.807) is 21.8 Å². The van der Waals surface area contributed by atoms with Crippen molar-refractivity contribution in [1.29, 1.82) is 0 Å². The molecule has 0 radical (unpaired) electrons. The predicted octanol–water partition coefficient (Wildman–Crippen LogP) is 3.00. The van der Waals surface area contributed by atoms with E-state index >= 15 is 0 Å². The van der Waals surface area contributed by atoms with Gasteiger partial charge >= 0.3 is 114 Å². The topological polar surface area (TPSA) is 61.8 Å². The summed E-state index contributed by atoms with van der Waals surface area (Å²) in [6, 6.07) is 0. The van der Waals surface area contributed by atoms with E-state index in [0.29, 0.717) is 0 Å². The van der Waals surface area contributed by atoms with Crippen LogP contribution in [0.15, 0.2) is 24.3 Å². The number of hydrogen-bond donors (Lipinski definition) is 0. The zero-order valence-electron chi connectivity index (χ0n) is 12.6. The number of rotatable bonds is 6. The van der Waals surface area contributed by atoms with Crippen molar-refractivity contribution >= 4 is 28.6 Å². The van der Waals surface area contributed by atoms with Crippen LogP contribution < -0.4 is 0 Å². The Bertz CT molecular complexity index is 419. The second-order valence-corrected chi connectivity index (χ2v) is 24.0. The quantitative estimate of drug-likeness (QED) is 0.518. The van der Waals surface area contributed by atoms with Crippen LogP contribution in [0.1, 0.15) is 20.8 Å². The van der Waals surface area contributed by atoms with Gasteiger partial charge in [-0.2, -0.15) is 0 Å². The van der Waals surface area contributed by atoms with Gasteiger partial charge in [-0.3, -0.25) is 0 Å². The van der Waals surface area contributed by atoms with E-state index in [2.05, 4.69) is 13.2 Å². The van der Waals surface area contributed by atoms with Crippen molar-refractivity contribution in [2.45, 2.75) is 35.7 Å². The van der Waals surface area contributed by atoms with E-state index in [1.165, 1.54) is 13.8 Å².